The van der Waals surface area contributed by atoms with E-state index in [0.717, 1.165) is 5.56 Å². The minimum Gasteiger partial charge on any atom is -0.479 e. The maximum Gasteiger partial charge on any atom is 0.174 e. The lowest BCUT2D eigenvalue weighted by atomic mass is 10.1. The first-order valence-corrected chi connectivity index (χ1v) is 5.22. The Morgan fingerprint density at radius 3 is 2.69 bits per heavy atom. The molecule has 1 aromatic rings. The smallest absolute Gasteiger partial charge is 0.174 e. The van der Waals surface area contributed by atoms with Crippen LogP contribution in [0.2, 0.25) is 0 Å². The molecule has 0 spiro atoms. The van der Waals surface area contributed by atoms with Gasteiger partial charge in [-0.15, -0.1) is 0 Å². The SMILES string of the molecule is CC(NCCO)c1ccc(OCC#N)cc1. The average molecular weight is 220 g/mol. The molecule has 4 heteroatoms. The van der Waals surface area contributed by atoms with Crippen LogP contribution in [0, 0.1) is 11.3 Å². The van der Waals surface area contributed by atoms with Gasteiger partial charge in [0.1, 0.15) is 11.8 Å². The Labute approximate surface area is 95.5 Å². The van der Waals surface area contributed by atoms with E-state index in [1.54, 1.807) is 0 Å². The highest BCUT2D eigenvalue weighted by Gasteiger charge is 2.03. The van der Waals surface area contributed by atoms with Crippen molar-refractivity contribution in [1.29, 1.82) is 5.26 Å². The van der Waals surface area contributed by atoms with Gasteiger partial charge in [-0.25, -0.2) is 0 Å². The van der Waals surface area contributed by atoms with Crippen molar-refractivity contribution in [3.8, 4) is 11.8 Å². The Bertz CT molecular complexity index is 343. The van der Waals surface area contributed by atoms with Gasteiger partial charge in [-0.05, 0) is 24.6 Å². The molecule has 0 aliphatic carbocycles. The normalized spacial score (nSPS) is 11.8. The maximum atomic E-state index is 8.69. The summed E-state index contributed by atoms with van der Waals surface area (Å²) in [6.07, 6.45) is 0. The van der Waals surface area contributed by atoms with Crippen LogP contribution in [-0.2, 0) is 0 Å². The summed E-state index contributed by atoms with van der Waals surface area (Å²) in [6, 6.07) is 9.68. The Morgan fingerprint density at radius 2 is 2.12 bits per heavy atom. The van der Waals surface area contributed by atoms with E-state index in [1.807, 2.05) is 37.3 Å². The first kappa shape index (κ1) is 12.5. The summed E-state index contributed by atoms with van der Waals surface area (Å²) in [5, 5.41) is 20.2. The topological polar surface area (TPSA) is 65.3 Å². The van der Waals surface area contributed by atoms with Crippen molar-refractivity contribution < 1.29 is 9.84 Å². The van der Waals surface area contributed by atoms with Gasteiger partial charge in [0.05, 0.1) is 6.61 Å². The Morgan fingerprint density at radius 1 is 1.44 bits per heavy atom. The molecule has 0 aliphatic heterocycles. The van der Waals surface area contributed by atoms with E-state index < -0.39 is 0 Å². The second-order valence-electron chi connectivity index (χ2n) is 3.42. The summed E-state index contributed by atoms with van der Waals surface area (Å²) >= 11 is 0. The maximum absolute atomic E-state index is 8.69. The van der Waals surface area contributed by atoms with Crippen molar-refractivity contribution in [1.82, 2.24) is 5.32 Å². The molecule has 0 fully saturated rings. The quantitative estimate of drug-likeness (QED) is 0.756. The highest BCUT2D eigenvalue weighted by Crippen LogP contribution is 2.17. The van der Waals surface area contributed by atoms with Gasteiger partial charge < -0.3 is 15.2 Å². The number of benzene rings is 1. The van der Waals surface area contributed by atoms with E-state index >= 15 is 0 Å². The van der Waals surface area contributed by atoms with Crippen LogP contribution in [0.3, 0.4) is 0 Å². The molecule has 0 saturated carbocycles. The minimum atomic E-state index is 0.0671. The second-order valence-corrected chi connectivity index (χ2v) is 3.42. The fourth-order valence-corrected chi connectivity index (χ4v) is 1.37. The molecule has 0 amide bonds. The van der Waals surface area contributed by atoms with Crippen LogP contribution < -0.4 is 10.1 Å². The zero-order chi connectivity index (χ0) is 11.8. The number of aliphatic hydroxyl groups is 1. The lowest BCUT2D eigenvalue weighted by Crippen LogP contribution is -2.21. The second kappa shape index (κ2) is 6.83. The van der Waals surface area contributed by atoms with Crippen molar-refractivity contribution in [2.45, 2.75) is 13.0 Å². The number of rotatable bonds is 6. The van der Waals surface area contributed by atoms with Crippen LogP contribution in [-0.4, -0.2) is 24.9 Å². The van der Waals surface area contributed by atoms with Crippen LogP contribution in [0.25, 0.3) is 0 Å². The van der Waals surface area contributed by atoms with Crippen molar-refractivity contribution >= 4 is 0 Å². The molecule has 16 heavy (non-hydrogen) atoms. The van der Waals surface area contributed by atoms with Gasteiger partial charge in [0.25, 0.3) is 0 Å². The molecule has 1 rings (SSSR count). The Kier molecular flexibility index (Phi) is 5.34. The van der Waals surface area contributed by atoms with Gasteiger partial charge in [-0.2, -0.15) is 5.26 Å². The third kappa shape index (κ3) is 3.89. The van der Waals surface area contributed by atoms with Crippen LogP contribution in [0.5, 0.6) is 5.75 Å². The van der Waals surface area contributed by atoms with Crippen LogP contribution in [0.4, 0.5) is 0 Å². The molecule has 86 valence electrons. The predicted octanol–water partition coefficient (Wildman–Crippen LogP) is 1.23. The zero-order valence-corrected chi connectivity index (χ0v) is 9.31. The molecular weight excluding hydrogens is 204 g/mol. The summed E-state index contributed by atoms with van der Waals surface area (Å²) in [6.45, 7) is 2.81. The summed E-state index contributed by atoms with van der Waals surface area (Å²) in [4.78, 5) is 0. The third-order valence-corrected chi connectivity index (χ3v) is 2.25. The molecular formula is C12H16N2O2. The van der Waals surface area contributed by atoms with Gasteiger partial charge in [0.15, 0.2) is 6.61 Å². The fraction of sp³-hybridized carbons (Fsp3) is 0.417. The Balaban J connectivity index is 2.53. The van der Waals surface area contributed by atoms with Gasteiger partial charge >= 0.3 is 0 Å². The number of hydrogen-bond donors (Lipinski definition) is 2. The highest BCUT2D eigenvalue weighted by molar-refractivity contribution is 5.29. The minimum absolute atomic E-state index is 0.0671. The lowest BCUT2D eigenvalue weighted by molar-refractivity contribution is 0.286. The van der Waals surface area contributed by atoms with Gasteiger partial charge in [0, 0.05) is 12.6 Å². The number of nitrogens with one attached hydrogen (secondary N) is 1. The van der Waals surface area contributed by atoms with Gasteiger partial charge in [0.2, 0.25) is 0 Å². The monoisotopic (exact) mass is 220 g/mol. The number of nitrogens with zero attached hydrogens (tertiary/aromatic N) is 1. The van der Waals surface area contributed by atoms with Gasteiger partial charge in [-0.1, -0.05) is 12.1 Å². The molecule has 2 N–H and O–H groups in total. The molecule has 1 unspecified atom stereocenters. The zero-order valence-electron chi connectivity index (χ0n) is 9.31. The number of aliphatic hydroxyl groups excluding tert-OH is 1. The predicted molar refractivity (Wildman–Crippen MR) is 61.1 cm³/mol. The summed E-state index contributed by atoms with van der Waals surface area (Å²) in [5.74, 6) is 0.694. The molecule has 0 heterocycles. The molecule has 0 bridgehead atoms. The van der Waals surface area contributed by atoms with Crippen molar-refractivity contribution in [2.24, 2.45) is 0 Å². The average Bonchev–Trinajstić information content (AvgIpc) is 2.34. The molecule has 1 aromatic carbocycles. The first-order chi connectivity index (χ1) is 7.77. The molecule has 0 aliphatic rings. The summed E-state index contributed by atoms with van der Waals surface area (Å²) in [5.41, 5.74) is 1.12. The van der Waals surface area contributed by atoms with Gasteiger partial charge in [-0.3, -0.25) is 0 Å². The molecule has 4 nitrogen and oxygen atoms in total. The largest absolute Gasteiger partial charge is 0.479 e. The van der Waals surface area contributed by atoms with E-state index in [0.29, 0.717) is 12.3 Å². The lowest BCUT2D eigenvalue weighted by Gasteiger charge is -2.13. The van der Waals surface area contributed by atoms with E-state index in [1.165, 1.54) is 0 Å². The molecule has 0 aromatic heterocycles. The van der Waals surface area contributed by atoms with E-state index in [2.05, 4.69) is 5.32 Å². The third-order valence-electron chi connectivity index (χ3n) is 2.25. The molecule has 0 saturated heterocycles. The molecule has 0 radical (unpaired) electrons. The fourth-order valence-electron chi connectivity index (χ4n) is 1.37. The van der Waals surface area contributed by atoms with Crippen LogP contribution in [0.1, 0.15) is 18.5 Å². The summed E-state index contributed by atoms with van der Waals surface area (Å²) in [7, 11) is 0. The standard InChI is InChI=1S/C12H16N2O2/c1-10(14-7-8-15)11-2-4-12(5-3-11)16-9-6-13/h2-5,10,14-15H,7-9H2,1H3. The van der Waals surface area contributed by atoms with Crippen molar-refractivity contribution in [3.63, 3.8) is 0 Å². The number of nitriles is 1. The van der Waals surface area contributed by atoms with Crippen molar-refractivity contribution in [3.05, 3.63) is 29.8 Å². The summed E-state index contributed by atoms with van der Waals surface area (Å²) < 4.78 is 5.15. The highest BCUT2D eigenvalue weighted by atomic mass is 16.5. The van der Waals surface area contributed by atoms with Crippen LogP contribution in [0.15, 0.2) is 24.3 Å². The Hall–Kier alpha value is -1.57. The van der Waals surface area contributed by atoms with Crippen molar-refractivity contribution in [2.75, 3.05) is 19.8 Å². The van der Waals surface area contributed by atoms with E-state index in [-0.39, 0.29) is 19.3 Å². The molecule has 1 atom stereocenters. The van der Waals surface area contributed by atoms with E-state index in [9.17, 15) is 0 Å². The van der Waals surface area contributed by atoms with Crippen LogP contribution >= 0.6 is 0 Å². The number of ether oxygens (including phenoxy) is 1. The first-order valence-electron chi connectivity index (χ1n) is 5.22. The van der Waals surface area contributed by atoms with E-state index in [4.69, 9.17) is 15.1 Å². The number of hydrogen-bond acceptors (Lipinski definition) is 4.